The molecular formula is C21H29N5O2. The van der Waals surface area contributed by atoms with Crippen molar-refractivity contribution >= 4 is 5.91 Å². The summed E-state index contributed by atoms with van der Waals surface area (Å²) in [4.78, 5) is 19.1. The standard InChI is InChI=1S/C21H29N5O2/c27-21(8-7-19-17-5-1-2-6-18(17)24-25-19)23-15-20(16-4-3-9-22-14-16)26-10-12-28-13-11-26/h3-4,9,14,20H,1-2,5-8,10-13,15H2,(H,23,27)(H,24,25). The van der Waals surface area contributed by atoms with Crippen molar-refractivity contribution in [1.29, 1.82) is 0 Å². The molecule has 1 atom stereocenters. The van der Waals surface area contributed by atoms with Crippen LogP contribution < -0.4 is 5.32 Å². The highest BCUT2D eigenvalue weighted by Crippen LogP contribution is 2.23. The zero-order valence-electron chi connectivity index (χ0n) is 16.3. The van der Waals surface area contributed by atoms with Crippen LogP contribution in [0.3, 0.4) is 0 Å². The number of hydrogen-bond acceptors (Lipinski definition) is 5. The molecule has 0 aromatic carbocycles. The number of aromatic nitrogens is 3. The summed E-state index contributed by atoms with van der Waals surface area (Å²) in [6.07, 6.45) is 9.46. The van der Waals surface area contributed by atoms with Crippen molar-refractivity contribution in [3.05, 3.63) is 47.0 Å². The Balaban J connectivity index is 1.33. The highest BCUT2D eigenvalue weighted by atomic mass is 16.5. The van der Waals surface area contributed by atoms with Crippen LogP contribution in [-0.4, -0.2) is 58.8 Å². The van der Waals surface area contributed by atoms with Crippen molar-refractivity contribution in [2.45, 2.75) is 44.6 Å². The Hall–Kier alpha value is -2.25. The van der Waals surface area contributed by atoms with E-state index in [9.17, 15) is 4.79 Å². The number of aromatic amines is 1. The lowest BCUT2D eigenvalue weighted by Crippen LogP contribution is -2.43. The quantitative estimate of drug-likeness (QED) is 0.762. The van der Waals surface area contributed by atoms with Crippen LogP contribution in [0.5, 0.6) is 0 Å². The molecule has 4 rings (SSSR count). The minimum absolute atomic E-state index is 0.0784. The molecule has 2 aliphatic rings. The predicted molar refractivity (Wildman–Crippen MR) is 106 cm³/mol. The van der Waals surface area contributed by atoms with E-state index < -0.39 is 0 Å². The number of morpholine rings is 1. The number of nitrogens with zero attached hydrogens (tertiary/aromatic N) is 3. The molecule has 1 fully saturated rings. The molecule has 1 aliphatic carbocycles. The fourth-order valence-corrected chi connectivity index (χ4v) is 4.21. The van der Waals surface area contributed by atoms with E-state index in [4.69, 9.17) is 4.74 Å². The second-order valence-electron chi connectivity index (χ2n) is 7.59. The Morgan fingerprint density at radius 3 is 2.96 bits per heavy atom. The van der Waals surface area contributed by atoms with Gasteiger partial charge in [0.25, 0.3) is 0 Å². The van der Waals surface area contributed by atoms with E-state index in [-0.39, 0.29) is 11.9 Å². The largest absolute Gasteiger partial charge is 0.379 e. The first-order valence-electron chi connectivity index (χ1n) is 10.3. The van der Waals surface area contributed by atoms with Crippen LogP contribution in [0.2, 0.25) is 0 Å². The Bertz CT molecular complexity index is 770. The third kappa shape index (κ3) is 4.59. The maximum atomic E-state index is 12.5. The normalized spacial score (nSPS) is 18.4. The fourth-order valence-electron chi connectivity index (χ4n) is 4.21. The minimum atomic E-state index is 0.0784. The molecule has 150 valence electrons. The van der Waals surface area contributed by atoms with Gasteiger partial charge in [0.2, 0.25) is 5.91 Å². The lowest BCUT2D eigenvalue weighted by Gasteiger charge is -2.34. The van der Waals surface area contributed by atoms with Gasteiger partial charge in [0, 0.05) is 50.6 Å². The third-order valence-corrected chi connectivity index (χ3v) is 5.78. The minimum Gasteiger partial charge on any atom is -0.379 e. The summed E-state index contributed by atoms with van der Waals surface area (Å²) in [5, 5.41) is 10.7. The molecular weight excluding hydrogens is 354 g/mol. The summed E-state index contributed by atoms with van der Waals surface area (Å²) in [7, 11) is 0. The fraction of sp³-hybridized carbons (Fsp3) is 0.571. The lowest BCUT2D eigenvalue weighted by molar-refractivity contribution is -0.121. The van der Waals surface area contributed by atoms with E-state index in [2.05, 4.69) is 31.5 Å². The van der Waals surface area contributed by atoms with Gasteiger partial charge in [-0.1, -0.05) is 6.07 Å². The second kappa shape index (κ2) is 9.30. The van der Waals surface area contributed by atoms with E-state index in [0.717, 1.165) is 50.4 Å². The molecule has 2 aromatic rings. The van der Waals surface area contributed by atoms with Gasteiger partial charge in [-0.25, -0.2) is 0 Å². The van der Waals surface area contributed by atoms with Gasteiger partial charge in [0.05, 0.1) is 24.9 Å². The number of rotatable bonds is 7. The van der Waals surface area contributed by atoms with Gasteiger partial charge in [-0.15, -0.1) is 0 Å². The van der Waals surface area contributed by atoms with Crippen LogP contribution in [0, 0.1) is 0 Å². The number of aryl methyl sites for hydroxylation is 2. The monoisotopic (exact) mass is 383 g/mol. The molecule has 1 aliphatic heterocycles. The number of carbonyl (C=O) groups excluding carboxylic acids is 1. The molecule has 2 N–H and O–H groups in total. The Morgan fingerprint density at radius 2 is 2.14 bits per heavy atom. The maximum absolute atomic E-state index is 12.5. The van der Waals surface area contributed by atoms with Crippen LogP contribution in [0.1, 0.15) is 47.8 Å². The number of carbonyl (C=O) groups is 1. The third-order valence-electron chi connectivity index (χ3n) is 5.78. The molecule has 7 heteroatoms. The molecule has 7 nitrogen and oxygen atoms in total. The van der Waals surface area contributed by atoms with E-state index in [1.54, 1.807) is 6.20 Å². The molecule has 0 saturated carbocycles. The van der Waals surface area contributed by atoms with Crippen molar-refractivity contribution < 1.29 is 9.53 Å². The summed E-state index contributed by atoms with van der Waals surface area (Å²) in [5.74, 6) is 0.0784. The number of amides is 1. The Labute approximate surface area is 165 Å². The van der Waals surface area contributed by atoms with Gasteiger partial charge in [-0.05, 0) is 42.9 Å². The number of hydrogen-bond donors (Lipinski definition) is 2. The van der Waals surface area contributed by atoms with Gasteiger partial charge in [-0.3, -0.25) is 19.8 Å². The molecule has 0 bridgehead atoms. The van der Waals surface area contributed by atoms with E-state index in [0.29, 0.717) is 19.4 Å². The van der Waals surface area contributed by atoms with E-state index in [1.807, 2.05) is 12.3 Å². The summed E-state index contributed by atoms with van der Waals surface area (Å²) in [5.41, 5.74) is 4.82. The van der Waals surface area contributed by atoms with Gasteiger partial charge < -0.3 is 10.1 Å². The van der Waals surface area contributed by atoms with E-state index in [1.165, 1.54) is 24.1 Å². The first-order valence-corrected chi connectivity index (χ1v) is 10.3. The zero-order valence-corrected chi connectivity index (χ0v) is 16.3. The predicted octanol–water partition coefficient (Wildman–Crippen LogP) is 1.81. The van der Waals surface area contributed by atoms with Crippen LogP contribution in [0.15, 0.2) is 24.5 Å². The number of H-pyrrole nitrogens is 1. The van der Waals surface area contributed by atoms with E-state index >= 15 is 0 Å². The van der Waals surface area contributed by atoms with Crippen molar-refractivity contribution in [1.82, 2.24) is 25.4 Å². The number of fused-ring (bicyclic) bond motifs is 1. The van der Waals surface area contributed by atoms with Crippen LogP contribution in [0.25, 0.3) is 0 Å². The summed E-state index contributed by atoms with van der Waals surface area (Å²) >= 11 is 0. The molecule has 1 amide bonds. The molecule has 0 radical (unpaired) electrons. The first-order chi connectivity index (χ1) is 13.8. The van der Waals surface area contributed by atoms with Crippen LogP contribution in [-0.2, 0) is 28.8 Å². The highest BCUT2D eigenvalue weighted by molar-refractivity contribution is 5.76. The Kier molecular flexibility index (Phi) is 6.34. The number of pyridine rings is 1. The van der Waals surface area contributed by atoms with Gasteiger partial charge in [0.15, 0.2) is 0 Å². The summed E-state index contributed by atoms with van der Waals surface area (Å²) < 4.78 is 5.48. The molecule has 3 heterocycles. The van der Waals surface area contributed by atoms with Crippen molar-refractivity contribution in [2.75, 3.05) is 32.8 Å². The van der Waals surface area contributed by atoms with Gasteiger partial charge in [-0.2, -0.15) is 5.10 Å². The summed E-state index contributed by atoms with van der Waals surface area (Å²) in [6, 6.07) is 4.15. The van der Waals surface area contributed by atoms with Gasteiger partial charge in [0.1, 0.15) is 0 Å². The highest BCUT2D eigenvalue weighted by Gasteiger charge is 2.23. The zero-order chi connectivity index (χ0) is 19.2. The average molecular weight is 383 g/mol. The molecule has 28 heavy (non-hydrogen) atoms. The second-order valence-corrected chi connectivity index (χ2v) is 7.59. The molecule has 0 spiro atoms. The lowest BCUT2D eigenvalue weighted by atomic mass is 9.94. The number of ether oxygens (including phenoxy) is 1. The molecule has 2 aromatic heterocycles. The summed E-state index contributed by atoms with van der Waals surface area (Å²) in [6.45, 7) is 3.79. The molecule has 1 unspecified atom stereocenters. The average Bonchev–Trinajstić information content (AvgIpc) is 3.17. The Morgan fingerprint density at radius 1 is 1.29 bits per heavy atom. The van der Waals surface area contributed by atoms with Gasteiger partial charge >= 0.3 is 0 Å². The SMILES string of the molecule is O=C(CCc1n[nH]c2c1CCCC2)NCC(c1cccnc1)N1CCOCC1. The van der Waals surface area contributed by atoms with Crippen molar-refractivity contribution in [3.8, 4) is 0 Å². The molecule has 1 saturated heterocycles. The smallest absolute Gasteiger partial charge is 0.220 e. The topological polar surface area (TPSA) is 83.1 Å². The first kappa shape index (κ1) is 19.1. The maximum Gasteiger partial charge on any atom is 0.220 e. The van der Waals surface area contributed by atoms with Crippen molar-refractivity contribution in [2.24, 2.45) is 0 Å². The van der Waals surface area contributed by atoms with Crippen molar-refractivity contribution in [3.63, 3.8) is 0 Å². The van der Waals surface area contributed by atoms with Crippen LogP contribution in [0.4, 0.5) is 0 Å². The van der Waals surface area contributed by atoms with Crippen LogP contribution >= 0.6 is 0 Å². The number of nitrogens with one attached hydrogen (secondary N) is 2.